The lowest BCUT2D eigenvalue weighted by Crippen LogP contribution is -1.93. The lowest BCUT2D eigenvalue weighted by molar-refractivity contribution is 0.803. The molecule has 1 aromatic rings. The molecule has 1 heteroatoms. The van der Waals surface area contributed by atoms with Gasteiger partial charge in [0, 0.05) is 12.1 Å². The summed E-state index contributed by atoms with van der Waals surface area (Å²) in [7, 11) is 0. The summed E-state index contributed by atoms with van der Waals surface area (Å²) in [4.78, 5) is 3.75. The van der Waals surface area contributed by atoms with E-state index in [9.17, 15) is 0 Å². The van der Waals surface area contributed by atoms with Gasteiger partial charge in [0.1, 0.15) is 0 Å². The van der Waals surface area contributed by atoms with Crippen LogP contribution in [0.4, 0.5) is 0 Å². The molecule has 0 aliphatic heterocycles. The lowest BCUT2D eigenvalue weighted by atomic mass is 9.95. The Kier molecular flexibility index (Phi) is 4.82. The van der Waals surface area contributed by atoms with Crippen LogP contribution in [0.1, 0.15) is 37.3 Å². The van der Waals surface area contributed by atoms with Crippen LogP contribution in [0.3, 0.4) is 0 Å². The van der Waals surface area contributed by atoms with Crippen molar-refractivity contribution in [1.82, 2.24) is 0 Å². The smallest absolute Gasteiger partial charge is 0.0226 e. The molecular weight excluding hydrogens is 182 g/mol. The van der Waals surface area contributed by atoms with Gasteiger partial charge in [-0.2, -0.15) is 0 Å². The van der Waals surface area contributed by atoms with Crippen LogP contribution < -0.4 is 0 Å². The third-order valence-electron chi connectivity index (χ3n) is 2.68. The molecule has 0 bridgehead atoms. The first-order valence-electron chi connectivity index (χ1n) is 5.53. The zero-order chi connectivity index (χ0) is 11.1. The van der Waals surface area contributed by atoms with Crippen LogP contribution in [-0.4, -0.2) is 6.72 Å². The Labute approximate surface area is 92.6 Å². The zero-order valence-corrected chi connectivity index (χ0v) is 9.61. The predicted octanol–water partition coefficient (Wildman–Crippen LogP) is 3.96. The molecule has 0 aliphatic carbocycles. The van der Waals surface area contributed by atoms with Gasteiger partial charge in [-0.15, -0.1) is 0 Å². The fourth-order valence-electron chi connectivity index (χ4n) is 1.65. The summed E-state index contributed by atoms with van der Waals surface area (Å²) in [6, 6.07) is 8.82. The van der Waals surface area contributed by atoms with Crippen LogP contribution >= 0.6 is 0 Å². The van der Waals surface area contributed by atoms with Gasteiger partial charge in [0.2, 0.25) is 0 Å². The van der Waals surface area contributed by atoms with E-state index in [0.29, 0.717) is 5.92 Å². The Morgan fingerprint density at radius 3 is 2.40 bits per heavy atom. The summed E-state index contributed by atoms with van der Waals surface area (Å²) in [5, 5.41) is 0. The highest BCUT2D eigenvalue weighted by molar-refractivity contribution is 5.29. The molecule has 0 N–H and O–H groups in total. The first-order chi connectivity index (χ1) is 7.31. The van der Waals surface area contributed by atoms with Crippen molar-refractivity contribution < 1.29 is 0 Å². The van der Waals surface area contributed by atoms with Crippen molar-refractivity contribution in [2.24, 2.45) is 4.99 Å². The van der Waals surface area contributed by atoms with Crippen molar-refractivity contribution in [3.63, 3.8) is 0 Å². The maximum Gasteiger partial charge on any atom is 0.0226 e. The van der Waals surface area contributed by atoms with Gasteiger partial charge in [-0.05, 0) is 30.7 Å². The van der Waals surface area contributed by atoms with Crippen LogP contribution in [0.2, 0.25) is 0 Å². The van der Waals surface area contributed by atoms with Gasteiger partial charge in [0.15, 0.2) is 0 Å². The molecule has 0 fully saturated rings. The van der Waals surface area contributed by atoms with Crippen LogP contribution in [0.5, 0.6) is 0 Å². The van der Waals surface area contributed by atoms with Crippen molar-refractivity contribution in [3.8, 4) is 0 Å². The number of rotatable bonds is 5. The monoisotopic (exact) mass is 201 g/mol. The molecule has 0 radical (unpaired) electrons. The summed E-state index contributed by atoms with van der Waals surface area (Å²) in [6.45, 7) is 7.81. The van der Waals surface area contributed by atoms with Gasteiger partial charge >= 0.3 is 0 Å². The van der Waals surface area contributed by atoms with Gasteiger partial charge in [-0.25, -0.2) is 0 Å². The maximum absolute atomic E-state index is 3.75. The van der Waals surface area contributed by atoms with Crippen molar-refractivity contribution >= 4 is 6.72 Å². The van der Waals surface area contributed by atoms with Gasteiger partial charge in [0.25, 0.3) is 0 Å². The Hall–Kier alpha value is -1.37. The molecule has 0 aromatic heterocycles. The van der Waals surface area contributed by atoms with E-state index in [1.54, 1.807) is 6.20 Å². The number of benzene rings is 1. The molecule has 80 valence electrons. The first kappa shape index (κ1) is 11.7. The molecule has 0 amide bonds. The summed E-state index contributed by atoms with van der Waals surface area (Å²) in [5.74, 6) is 0.460. The number of hydrogen-bond donors (Lipinski definition) is 0. The molecule has 0 aliphatic rings. The largest absolute Gasteiger partial charge is 0.273 e. The molecular formula is C14H19N. The summed E-state index contributed by atoms with van der Waals surface area (Å²) in [6.07, 6.45) is 6.08. The molecule has 0 saturated heterocycles. The second-order valence-electron chi connectivity index (χ2n) is 3.63. The summed E-state index contributed by atoms with van der Waals surface area (Å²) < 4.78 is 0. The quantitative estimate of drug-likeness (QED) is 0.639. The Balaban J connectivity index is 2.82. The summed E-state index contributed by atoms with van der Waals surface area (Å²) >= 11 is 0. The third-order valence-corrected chi connectivity index (χ3v) is 2.68. The number of allylic oxidation sites excluding steroid dienone is 1. The van der Waals surface area contributed by atoms with Gasteiger partial charge in [0.05, 0.1) is 0 Å². The van der Waals surface area contributed by atoms with E-state index in [1.807, 2.05) is 0 Å². The predicted molar refractivity (Wildman–Crippen MR) is 67.5 cm³/mol. The number of aryl methyl sites for hydroxylation is 1. The van der Waals surface area contributed by atoms with Crippen LogP contribution in [0, 0.1) is 0 Å². The topological polar surface area (TPSA) is 12.4 Å². The van der Waals surface area contributed by atoms with Crippen molar-refractivity contribution in [2.75, 3.05) is 0 Å². The first-order valence-corrected chi connectivity index (χ1v) is 5.53. The number of nitrogens with zero attached hydrogens (tertiary/aromatic N) is 1. The molecule has 0 heterocycles. The second kappa shape index (κ2) is 6.18. The molecule has 0 spiro atoms. The van der Waals surface area contributed by atoms with Crippen molar-refractivity contribution in [1.29, 1.82) is 0 Å². The van der Waals surface area contributed by atoms with E-state index < -0.39 is 0 Å². The normalized spacial score (nSPS) is 12.9. The van der Waals surface area contributed by atoms with Crippen LogP contribution in [0.15, 0.2) is 41.5 Å². The summed E-state index contributed by atoms with van der Waals surface area (Å²) in [5.41, 5.74) is 2.74. The van der Waals surface area contributed by atoms with Gasteiger partial charge < -0.3 is 0 Å². The standard InChI is InChI=1S/C14H19N/c1-4-12-6-8-14(9-7-12)13(5-2)10-11-15-3/h6-11,13H,3-5H2,1-2H3/b11-10-. The molecule has 15 heavy (non-hydrogen) atoms. The maximum atomic E-state index is 3.75. The highest BCUT2D eigenvalue weighted by atomic mass is 14.6. The van der Waals surface area contributed by atoms with E-state index in [2.05, 4.69) is 55.9 Å². The van der Waals surface area contributed by atoms with Crippen molar-refractivity contribution in [2.45, 2.75) is 32.6 Å². The van der Waals surface area contributed by atoms with Crippen LogP contribution in [-0.2, 0) is 6.42 Å². The van der Waals surface area contributed by atoms with Gasteiger partial charge in [-0.3, -0.25) is 4.99 Å². The average molecular weight is 201 g/mol. The second-order valence-corrected chi connectivity index (χ2v) is 3.63. The van der Waals surface area contributed by atoms with Crippen LogP contribution in [0.25, 0.3) is 0 Å². The SMILES string of the molecule is C=N/C=C\C(CC)c1ccc(CC)cc1. The molecule has 1 atom stereocenters. The fourth-order valence-corrected chi connectivity index (χ4v) is 1.65. The number of aliphatic imine (C=N–C) groups is 1. The highest BCUT2D eigenvalue weighted by Gasteiger charge is 2.04. The minimum absolute atomic E-state index is 0.460. The third kappa shape index (κ3) is 3.35. The minimum atomic E-state index is 0.460. The van der Waals surface area contributed by atoms with E-state index >= 15 is 0 Å². The van der Waals surface area contributed by atoms with Gasteiger partial charge in [-0.1, -0.05) is 44.2 Å². The average Bonchev–Trinajstić information content (AvgIpc) is 2.31. The molecule has 0 saturated carbocycles. The highest BCUT2D eigenvalue weighted by Crippen LogP contribution is 2.21. The molecule has 1 aromatic carbocycles. The fraction of sp³-hybridized carbons (Fsp3) is 0.357. The lowest BCUT2D eigenvalue weighted by Gasteiger charge is -2.10. The van der Waals surface area contributed by atoms with Crippen molar-refractivity contribution in [3.05, 3.63) is 47.7 Å². The number of hydrogen-bond acceptors (Lipinski definition) is 1. The van der Waals surface area contributed by atoms with E-state index in [1.165, 1.54) is 11.1 Å². The Bertz CT molecular complexity index is 322. The van der Waals surface area contributed by atoms with E-state index in [0.717, 1.165) is 12.8 Å². The molecule has 1 rings (SSSR count). The Morgan fingerprint density at radius 1 is 1.27 bits per heavy atom. The van der Waals surface area contributed by atoms with E-state index in [-0.39, 0.29) is 0 Å². The molecule has 1 unspecified atom stereocenters. The minimum Gasteiger partial charge on any atom is -0.273 e. The molecule has 1 nitrogen and oxygen atoms in total. The zero-order valence-electron chi connectivity index (χ0n) is 9.61. The Morgan fingerprint density at radius 2 is 1.93 bits per heavy atom. The van der Waals surface area contributed by atoms with E-state index in [4.69, 9.17) is 0 Å².